The van der Waals surface area contributed by atoms with Gasteiger partial charge in [0.05, 0.1) is 0 Å². The van der Waals surface area contributed by atoms with Gasteiger partial charge in [0, 0.05) is 16.3 Å². The highest BCUT2D eigenvalue weighted by Gasteiger charge is 2.17. The molecule has 102 valence electrons. The van der Waals surface area contributed by atoms with Crippen LogP contribution in [0.3, 0.4) is 0 Å². The lowest BCUT2D eigenvalue weighted by molar-refractivity contribution is 0.101. The van der Waals surface area contributed by atoms with Gasteiger partial charge in [-0.15, -0.1) is 0 Å². The maximum Gasteiger partial charge on any atom is 0.160 e. The Morgan fingerprint density at radius 2 is 1.52 bits per heavy atom. The summed E-state index contributed by atoms with van der Waals surface area (Å²) in [6.45, 7) is 3.58. The van der Waals surface area contributed by atoms with Crippen LogP contribution in [0.2, 0.25) is 0 Å². The largest absolute Gasteiger partial charge is 0.507 e. The number of benzene rings is 4. The average Bonchev–Trinajstić information content (AvgIpc) is 2.47. The molecule has 0 radical (unpaired) electrons. The number of phenolic OH excluding ortho intramolecular Hbond substituents is 1. The zero-order valence-electron chi connectivity index (χ0n) is 11.9. The van der Waals surface area contributed by atoms with Gasteiger partial charge in [0.2, 0.25) is 0 Å². The molecule has 1 N–H and O–H groups in total. The summed E-state index contributed by atoms with van der Waals surface area (Å²) in [6, 6.07) is 13.8. The first kappa shape index (κ1) is 12.2. The van der Waals surface area contributed by atoms with E-state index < -0.39 is 0 Å². The zero-order chi connectivity index (χ0) is 14.7. The third-order valence-corrected chi connectivity index (χ3v) is 4.34. The number of carbonyl (C=O) groups excluding carboxylic acids is 1. The number of phenols is 1. The van der Waals surface area contributed by atoms with Gasteiger partial charge in [0.25, 0.3) is 0 Å². The van der Waals surface area contributed by atoms with E-state index in [1.807, 2.05) is 19.1 Å². The molecule has 0 aliphatic carbocycles. The van der Waals surface area contributed by atoms with Crippen molar-refractivity contribution in [1.29, 1.82) is 0 Å². The quantitative estimate of drug-likeness (QED) is 0.400. The Hall–Kier alpha value is -2.61. The minimum Gasteiger partial charge on any atom is -0.507 e. The molecular formula is C19H14O2. The van der Waals surface area contributed by atoms with Crippen LogP contribution in [-0.2, 0) is 0 Å². The van der Waals surface area contributed by atoms with Gasteiger partial charge in [-0.1, -0.05) is 36.4 Å². The van der Waals surface area contributed by atoms with Crippen LogP contribution in [0.1, 0.15) is 22.8 Å². The van der Waals surface area contributed by atoms with E-state index in [1.165, 1.54) is 6.92 Å². The Morgan fingerprint density at radius 3 is 2.24 bits per heavy atom. The molecule has 0 atom stereocenters. The number of hydrogen-bond donors (Lipinski definition) is 1. The average molecular weight is 274 g/mol. The van der Waals surface area contributed by atoms with Crippen molar-refractivity contribution in [2.45, 2.75) is 13.8 Å². The van der Waals surface area contributed by atoms with Crippen molar-refractivity contribution in [2.75, 3.05) is 0 Å². The number of ketones is 1. The molecule has 0 fully saturated rings. The molecule has 0 bridgehead atoms. The Kier molecular flexibility index (Phi) is 2.29. The molecule has 0 unspecified atom stereocenters. The molecule has 0 saturated carbocycles. The molecule has 2 nitrogen and oxygen atoms in total. The van der Waals surface area contributed by atoms with Crippen molar-refractivity contribution < 1.29 is 9.90 Å². The zero-order valence-corrected chi connectivity index (χ0v) is 11.9. The lowest BCUT2D eigenvalue weighted by atomic mass is 9.89. The minimum absolute atomic E-state index is 0.0278. The summed E-state index contributed by atoms with van der Waals surface area (Å²) in [6.07, 6.45) is 0. The van der Waals surface area contributed by atoms with Gasteiger partial charge >= 0.3 is 0 Å². The summed E-state index contributed by atoms with van der Waals surface area (Å²) in [5.41, 5.74) is 1.70. The number of Topliss-reactive ketones (excluding diaryl/α,β-unsaturated/α-hetero) is 1. The van der Waals surface area contributed by atoms with Gasteiger partial charge < -0.3 is 5.11 Å². The number of hydrogen-bond acceptors (Lipinski definition) is 2. The number of aryl methyl sites for hydroxylation is 1. The van der Waals surface area contributed by atoms with E-state index >= 15 is 0 Å². The predicted octanol–water partition coefficient (Wildman–Crippen LogP) is 4.80. The summed E-state index contributed by atoms with van der Waals surface area (Å²) >= 11 is 0. The number of aromatic hydroxyl groups is 1. The molecule has 0 aromatic heterocycles. The molecule has 4 rings (SSSR count). The van der Waals surface area contributed by atoms with E-state index in [-0.39, 0.29) is 11.5 Å². The summed E-state index contributed by atoms with van der Waals surface area (Å²) < 4.78 is 0. The Bertz CT molecular complexity index is 1030. The van der Waals surface area contributed by atoms with Crippen LogP contribution in [-0.4, -0.2) is 10.9 Å². The molecule has 0 aliphatic rings. The van der Waals surface area contributed by atoms with E-state index in [4.69, 9.17) is 0 Å². The normalized spacial score (nSPS) is 11.7. The maximum atomic E-state index is 11.9. The third-order valence-electron chi connectivity index (χ3n) is 4.34. The van der Waals surface area contributed by atoms with Gasteiger partial charge in [0.1, 0.15) is 5.75 Å². The lowest BCUT2D eigenvalue weighted by Gasteiger charge is -2.15. The summed E-state index contributed by atoms with van der Waals surface area (Å²) in [5.74, 6) is 0.153. The molecule has 0 aliphatic heterocycles. The van der Waals surface area contributed by atoms with Crippen LogP contribution in [0.5, 0.6) is 5.75 Å². The third kappa shape index (κ3) is 1.50. The Balaban J connectivity index is 2.43. The van der Waals surface area contributed by atoms with Crippen LogP contribution in [0.25, 0.3) is 32.3 Å². The van der Waals surface area contributed by atoms with Gasteiger partial charge in [-0.25, -0.2) is 0 Å². The minimum atomic E-state index is -0.0278. The summed E-state index contributed by atoms with van der Waals surface area (Å²) in [5, 5.41) is 16.5. The highest BCUT2D eigenvalue weighted by atomic mass is 16.3. The second kappa shape index (κ2) is 3.95. The fourth-order valence-corrected chi connectivity index (χ4v) is 3.32. The van der Waals surface area contributed by atoms with Crippen LogP contribution < -0.4 is 0 Å². The molecule has 21 heavy (non-hydrogen) atoms. The van der Waals surface area contributed by atoms with E-state index in [0.29, 0.717) is 10.9 Å². The van der Waals surface area contributed by atoms with Crippen molar-refractivity contribution in [3.05, 3.63) is 53.6 Å². The number of carbonyl (C=O) groups is 1. The van der Waals surface area contributed by atoms with Crippen molar-refractivity contribution in [2.24, 2.45) is 0 Å². The second-order valence-corrected chi connectivity index (χ2v) is 5.63. The fourth-order valence-electron chi connectivity index (χ4n) is 3.32. The highest BCUT2D eigenvalue weighted by molar-refractivity contribution is 6.28. The van der Waals surface area contributed by atoms with Crippen molar-refractivity contribution in [3.8, 4) is 5.75 Å². The van der Waals surface area contributed by atoms with Crippen LogP contribution in [0.15, 0.2) is 42.5 Å². The van der Waals surface area contributed by atoms with E-state index in [0.717, 1.165) is 32.5 Å². The smallest absolute Gasteiger partial charge is 0.160 e. The van der Waals surface area contributed by atoms with E-state index in [1.54, 1.807) is 12.1 Å². The van der Waals surface area contributed by atoms with Gasteiger partial charge in [-0.05, 0) is 47.0 Å². The molecule has 0 heterocycles. The Labute approximate surface area is 122 Å². The maximum absolute atomic E-state index is 11.9. The van der Waals surface area contributed by atoms with Crippen LogP contribution in [0.4, 0.5) is 0 Å². The number of rotatable bonds is 1. The monoisotopic (exact) mass is 274 g/mol. The lowest BCUT2D eigenvalue weighted by Crippen LogP contribution is -1.96. The SMILES string of the molecule is CC(=O)c1ccc2ccc3ccc(C)c4cc(O)c1c2c34. The van der Waals surface area contributed by atoms with Crippen molar-refractivity contribution >= 4 is 38.1 Å². The standard InChI is InChI=1S/C19H14O2/c1-10-3-4-12-5-6-13-7-8-14(11(2)20)19-16(21)9-15(10)17(12)18(13)19/h3-9,21H,1-2H3. The fraction of sp³-hybridized carbons (Fsp3) is 0.105. The van der Waals surface area contributed by atoms with Crippen LogP contribution in [0, 0.1) is 6.92 Å². The highest BCUT2D eigenvalue weighted by Crippen LogP contribution is 2.41. The Morgan fingerprint density at radius 1 is 0.905 bits per heavy atom. The van der Waals surface area contributed by atoms with E-state index in [9.17, 15) is 9.90 Å². The van der Waals surface area contributed by atoms with Gasteiger partial charge in [-0.3, -0.25) is 4.79 Å². The van der Waals surface area contributed by atoms with E-state index in [2.05, 4.69) is 18.2 Å². The summed E-state index contributed by atoms with van der Waals surface area (Å²) in [4.78, 5) is 11.9. The molecule has 0 amide bonds. The second-order valence-electron chi connectivity index (χ2n) is 5.63. The van der Waals surface area contributed by atoms with Crippen molar-refractivity contribution in [3.63, 3.8) is 0 Å². The van der Waals surface area contributed by atoms with Gasteiger partial charge in [-0.2, -0.15) is 0 Å². The molecule has 2 heteroatoms. The van der Waals surface area contributed by atoms with Gasteiger partial charge in [0.15, 0.2) is 5.78 Å². The molecular weight excluding hydrogens is 260 g/mol. The molecule has 4 aromatic rings. The summed E-state index contributed by atoms with van der Waals surface area (Å²) in [7, 11) is 0. The first-order valence-electron chi connectivity index (χ1n) is 6.99. The molecule has 4 aromatic carbocycles. The molecule has 0 spiro atoms. The molecule has 0 saturated heterocycles. The first-order chi connectivity index (χ1) is 10.1. The van der Waals surface area contributed by atoms with Crippen molar-refractivity contribution in [1.82, 2.24) is 0 Å². The first-order valence-corrected chi connectivity index (χ1v) is 6.99. The topological polar surface area (TPSA) is 37.3 Å². The van der Waals surface area contributed by atoms with Crippen LogP contribution >= 0.6 is 0 Å². The predicted molar refractivity (Wildman–Crippen MR) is 86.6 cm³/mol.